The van der Waals surface area contributed by atoms with Crippen LogP contribution in [0.5, 0.6) is 0 Å². The van der Waals surface area contributed by atoms with E-state index in [-0.39, 0.29) is 13.2 Å². The Hall–Kier alpha value is -1.92. The van der Waals surface area contributed by atoms with Crippen LogP contribution in [0.15, 0.2) is 30.3 Å². The average molecular weight is 266 g/mol. The average Bonchev–Trinajstić information content (AvgIpc) is 2.93. The lowest BCUT2D eigenvalue weighted by Crippen LogP contribution is -2.26. The highest BCUT2D eigenvalue weighted by Gasteiger charge is 2.33. The summed E-state index contributed by atoms with van der Waals surface area (Å²) in [5, 5.41) is 0. The summed E-state index contributed by atoms with van der Waals surface area (Å²) in [6.07, 6.45) is -1.50. The van der Waals surface area contributed by atoms with E-state index >= 15 is 0 Å². The van der Waals surface area contributed by atoms with Gasteiger partial charge in [-0.3, -0.25) is 0 Å². The van der Waals surface area contributed by atoms with Gasteiger partial charge < -0.3 is 18.9 Å². The Kier molecular flexibility index (Phi) is 4.48. The molecule has 0 bridgehead atoms. The maximum Gasteiger partial charge on any atom is 0.338 e. The monoisotopic (exact) mass is 266 g/mol. The number of ether oxygens (including phenoxy) is 4. The van der Waals surface area contributed by atoms with Crippen LogP contribution in [0.1, 0.15) is 10.4 Å². The molecule has 1 unspecified atom stereocenters. The molecule has 0 amide bonds. The molecule has 0 radical (unpaired) electrons. The molecule has 6 nitrogen and oxygen atoms in total. The van der Waals surface area contributed by atoms with Gasteiger partial charge in [0, 0.05) is 0 Å². The van der Waals surface area contributed by atoms with Crippen LogP contribution in [0.25, 0.3) is 0 Å². The van der Waals surface area contributed by atoms with E-state index in [1.165, 1.54) is 7.11 Å². The Bertz CT molecular complexity index is 444. The topological polar surface area (TPSA) is 71.1 Å². The third-order valence-electron chi connectivity index (χ3n) is 2.57. The van der Waals surface area contributed by atoms with Crippen molar-refractivity contribution in [3.8, 4) is 0 Å². The molecular weight excluding hydrogens is 252 g/mol. The molecule has 0 aliphatic carbocycles. The minimum atomic E-state index is -0.759. The van der Waals surface area contributed by atoms with Crippen molar-refractivity contribution in [1.82, 2.24) is 0 Å². The number of hydrogen-bond acceptors (Lipinski definition) is 6. The number of carbonyl (C=O) groups is 2. The lowest BCUT2D eigenvalue weighted by Gasteiger charge is -2.11. The van der Waals surface area contributed by atoms with E-state index in [2.05, 4.69) is 4.74 Å². The van der Waals surface area contributed by atoms with Gasteiger partial charge in [0.2, 0.25) is 0 Å². The van der Waals surface area contributed by atoms with Crippen molar-refractivity contribution < 1.29 is 28.5 Å². The van der Waals surface area contributed by atoms with Gasteiger partial charge in [-0.25, -0.2) is 9.59 Å². The van der Waals surface area contributed by atoms with E-state index in [4.69, 9.17) is 14.2 Å². The zero-order chi connectivity index (χ0) is 13.7. The van der Waals surface area contributed by atoms with Crippen molar-refractivity contribution in [2.24, 2.45) is 0 Å². The van der Waals surface area contributed by atoms with Crippen LogP contribution >= 0.6 is 0 Å². The number of benzene rings is 1. The summed E-state index contributed by atoms with van der Waals surface area (Å²) >= 11 is 0. The van der Waals surface area contributed by atoms with Crippen LogP contribution in [0.3, 0.4) is 0 Å². The molecule has 1 aliphatic rings. The van der Waals surface area contributed by atoms with Crippen molar-refractivity contribution in [3.05, 3.63) is 35.9 Å². The van der Waals surface area contributed by atoms with Crippen LogP contribution in [-0.4, -0.2) is 44.7 Å². The van der Waals surface area contributed by atoms with Gasteiger partial charge in [-0.1, -0.05) is 18.2 Å². The molecule has 102 valence electrons. The van der Waals surface area contributed by atoms with E-state index in [1.807, 2.05) is 0 Å². The normalized spacial score (nSPS) is 21.9. The minimum absolute atomic E-state index is 0.0682. The van der Waals surface area contributed by atoms with Crippen molar-refractivity contribution >= 4 is 11.9 Å². The van der Waals surface area contributed by atoms with Crippen LogP contribution in [0.2, 0.25) is 0 Å². The highest BCUT2D eigenvalue weighted by molar-refractivity contribution is 5.89. The predicted octanol–water partition coefficient (Wildman–Crippen LogP) is 0.758. The van der Waals surface area contributed by atoms with E-state index < -0.39 is 24.3 Å². The Morgan fingerprint density at radius 3 is 2.74 bits per heavy atom. The first-order valence-corrected chi connectivity index (χ1v) is 5.78. The van der Waals surface area contributed by atoms with Crippen LogP contribution in [0, 0.1) is 0 Å². The molecule has 1 fully saturated rings. The highest BCUT2D eigenvalue weighted by Crippen LogP contribution is 2.13. The zero-order valence-electron chi connectivity index (χ0n) is 10.4. The van der Waals surface area contributed by atoms with Crippen molar-refractivity contribution in [1.29, 1.82) is 0 Å². The summed E-state index contributed by atoms with van der Waals surface area (Å²) in [5.41, 5.74) is 0.449. The molecule has 2 rings (SSSR count). The molecule has 1 heterocycles. The van der Waals surface area contributed by atoms with Gasteiger partial charge >= 0.3 is 11.9 Å². The van der Waals surface area contributed by atoms with Crippen LogP contribution in [-0.2, 0) is 23.7 Å². The summed E-state index contributed by atoms with van der Waals surface area (Å²) in [7, 11) is 1.27. The molecule has 0 saturated carbocycles. The van der Waals surface area contributed by atoms with E-state index in [1.54, 1.807) is 30.3 Å². The Labute approximate surface area is 110 Å². The number of esters is 2. The number of rotatable bonds is 4. The Morgan fingerprint density at radius 1 is 1.32 bits per heavy atom. The van der Waals surface area contributed by atoms with Gasteiger partial charge in [0.15, 0.2) is 12.4 Å². The summed E-state index contributed by atoms with van der Waals surface area (Å²) < 4.78 is 20.0. The lowest BCUT2D eigenvalue weighted by atomic mass is 10.2. The highest BCUT2D eigenvalue weighted by atomic mass is 16.7. The quantitative estimate of drug-likeness (QED) is 0.749. The van der Waals surface area contributed by atoms with E-state index in [0.29, 0.717) is 5.56 Å². The fourth-order valence-electron chi connectivity index (χ4n) is 1.60. The molecular formula is C13H14O6. The Morgan fingerprint density at radius 2 is 2.05 bits per heavy atom. The molecule has 0 spiro atoms. The van der Waals surface area contributed by atoms with Gasteiger partial charge in [-0.15, -0.1) is 0 Å². The third-order valence-corrected chi connectivity index (χ3v) is 2.57. The zero-order valence-corrected chi connectivity index (χ0v) is 10.4. The standard InChI is InChI=1S/C13H14O6/c1-16-13(15)10-7-17-11(19-10)8-18-12(14)9-5-3-2-4-6-9/h2-6,10-11H,7-8H2,1H3/t10?,11-/m1/s1. The van der Waals surface area contributed by atoms with E-state index in [0.717, 1.165) is 0 Å². The minimum Gasteiger partial charge on any atom is -0.467 e. The lowest BCUT2D eigenvalue weighted by molar-refractivity contribution is -0.155. The second-order valence-corrected chi connectivity index (χ2v) is 3.88. The number of carbonyl (C=O) groups excluding carboxylic acids is 2. The summed E-state index contributed by atoms with van der Waals surface area (Å²) in [6.45, 7) is 0.0292. The van der Waals surface area contributed by atoms with Crippen LogP contribution < -0.4 is 0 Å². The largest absolute Gasteiger partial charge is 0.467 e. The SMILES string of the molecule is COC(=O)C1CO[C@@H](COC(=O)c2ccccc2)O1. The summed E-state index contributed by atoms with van der Waals surface area (Å²) in [6, 6.07) is 8.59. The van der Waals surface area contributed by atoms with Gasteiger partial charge in [0.25, 0.3) is 0 Å². The molecule has 0 aromatic heterocycles. The summed E-state index contributed by atoms with van der Waals surface area (Å²) in [4.78, 5) is 22.8. The molecule has 1 aromatic carbocycles. The molecule has 1 aliphatic heterocycles. The molecule has 2 atom stereocenters. The van der Waals surface area contributed by atoms with Gasteiger partial charge in [-0.2, -0.15) is 0 Å². The smallest absolute Gasteiger partial charge is 0.338 e. The molecule has 1 aromatic rings. The third kappa shape index (κ3) is 3.52. The van der Waals surface area contributed by atoms with Gasteiger partial charge in [-0.05, 0) is 12.1 Å². The number of methoxy groups -OCH3 is 1. The van der Waals surface area contributed by atoms with Crippen molar-refractivity contribution in [2.75, 3.05) is 20.3 Å². The molecule has 6 heteroatoms. The molecule has 0 N–H and O–H groups in total. The van der Waals surface area contributed by atoms with Crippen molar-refractivity contribution in [3.63, 3.8) is 0 Å². The summed E-state index contributed by atoms with van der Waals surface area (Å²) in [5.74, 6) is -0.966. The van der Waals surface area contributed by atoms with Crippen LogP contribution in [0.4, 0.5) is 0 Å². The second-order valence-electron chi connectivity index (χ2n) is 3.88. The number of hydrogen-bond donors (Lipinski definition) is 0. The maximum absolute atomic E-state index is 11.6. The second kappa shape index (κ2) is 6.31. The fourth-order valence-corrected chi connectivity index (χ4v) is 1.60. The molecule has 19 heavy (non-hydrogen) atoms. The first-order valence-electron chi connectivity index (χ1n) is 5.78. The predicted molar refractivity (Wildman–Crippen MR) is 63.4 cm³/mol. The fraction of sp³-hybridized carbons (Fsp3) is 0.385. The molecule has 1 saturated heterocycles. The van der Waals surface area contributed by atoms with Crippen molar-refractivity contribution in [2.45, 2.75) is 12.4 Å². The van der Waals surface area contributed by atoms with Gasteiger partial charge in [0.1, 0.15) is 6.61 Å². The first kappa shape index (κ1) is 13.5. The first-order chi connectivity index (χ1) is 9.20. The van der Waals surface area contributed by atoms with Gasteiger partial charge in [0.05, 0.1) is 19.3 Å². The Balaban J connectivity index is 1.78. The van der Waals surface area contributed by atoms with E-state index in [9.17, 15) is 9.59 Å². The maximum atomic E-state index is 11.6.